The number of aromatic amines is 1. The molecule has 2 heterocycles. The summed E-state index contributed by atoms with van der Waals surface area (Å²) >= 11 is 0. The van der Waals surface area contributed by atoms with Crippen LogP contribution < -0.4 is 0 Å². The molecule has 0 spiro atoms. The van der Waals surface area contributed by atoms with Crippen molar-refractivity contribution in [1.29, 1.82) is 0 Å². The highest BCUT2D eigenvalue weighted by Gasteiger charge is 2.51. The average Bonchev–Trinajstić information content (AvgIpc) is 3.52. The number of ether oxygens (including phenoxy) is 1. The number of H-pyrrole nitrogens is 1. The Labute approximate surface area is 219 Å². The van der Waals surface area contributed by atoms with Crippen molar-refractivity contribution in [2.24, 2.45) is 9.98 Å². The molecule has 38 heavy (non-hydrogen) atoms. The number of nitrogens with zero attached hydrogens (tertiary/aromatic N) is 2. The van der Waals surface area contributed by atoms with Gasteiger partial charge in [0.15, 0.2) is 0 Å². The first-order valence-electron chi connectivity index (χ1n) is 12.5. The van der Waals surface area contributed by atoms with Gasteiger partial charge in [0.05, 0.1) is 22.5 Å². The molecule has 1 aliphatic heterocycles. The Morgan fingerprint density at radius 3 is 2.18 bits per heavy atom. The van der Waals surface area contributed by atoms with E-state index in [9.17, 15) is 14.7 Å². The van der Waals surface area contributed by atoms with Gasteiger partial charge in [0, 0.05) is 11.8 Å². The Hall–Kier alpha value is -4.78. The van der Waals surface area contributed by atoms with Crippen molar-refractivity contribution < 1.29 is 19.4 Å². The summed E-state index contributed by atoms with van der Waals surface area (Å²) < 4.78 is 5.57. The molecule has 6 rings (SSSR count). The number of carbonyl (C=O) groups excluding carboxylic acids is 1. The van der Waals surface area contributed by atoms with Gasteiger partial charge in [0.2, 0.25) is 0 Å². The molecule has 0 saturated heterocycles. The number of carboxylic acids is 1. The van der Waals surface area contributed by atoms with Crippen LogP contribution in [0.2, 0.25) is 0 Å². The third-order valence-electron chi connectivity index (χ3n) is 7.26. The van der Waals surface area contributed by atoms with E-state index in [-0.39, 0.29) is 0 Å². The molecule has 1 saturated carbocycles. The second-order valence-electron chi connectivity index (χ2n) is 9.64. The van der Waals surface area contributed by atoms with Crippen LogP contribution in [0.4, 0.5) is 10.5 Å². The zero-order valence-electron chi connectivity index (χ0n) is 20.7. The molecular weight excluding hydrogens is 478 g/mol. The minimum absolute atomic E-state index is 0.436. The topological polar surface area (TPSA) is 104 Å². The first-order chi connectivity index (χ1) is 18.4. The summed E-state index contributed by atoms with van der Waals surface area (Å²) in [5.74, 6) is -0.757. The zero-order valence-corrected chi connectivity index (χ0v) is 20.7. The Morgan fingerprint density at radius 2 is 1.55 bits per heavy atom. The highest BCUT2D eigenvalue weighted by Crippen LogP contribution is 2.48. The van der Waals surface area contributed by atoms with Gasteiger partial charge in [-0.05, 0) is 48.1 Å². The molecule has 3 aromatic carbocycles. The molecule has 1 fully saturated rings. The van der Waals surface area contributed by atoms with Crippen LogP contribution in [0, 0.1) is 0 Å². The van der Waals surface area contributed by atoms with Crippen LogP contribution in [0.25, 0.3) is 11.1 Å². The van der Waals surface area contributed by atoms with Crippen molar-refractivity contribution in [1.82, 2.24) is 4.98 Å². The molecule has 7 nitrogen and oxygen atoms in total. The van der Waals surface area contributed by atoms with E-state index in [1.54, 1.807) is 6.20 Å². The number of carbonyl (C=O) groups is 2. The number of hydrogen-bond acceptors (Lipinski definition) is 4. The summed E-state index contributed by atoms with van der Waals surface area (Å²) in [6.07, 6.45) is 2.01. The van der Waals surface area contributed by atoms with Crippen LogP contribution in [0.3, 0.4) is 0 Å². The molecular formula is C31H25N3O4. The Kier molecular flexibility index (Phi) is 5.76. The van der Waals surface area contributed by atoms with Gasteiger partial charge in [-0.25, -0.2) is 9.79 Å². The number of nitrogens with one attached hydrogen (secondary N) is 1. The lowest BCUT2D eigenvalue weighted by Gasteiger charge is -2.12. The molecule has 7 heteroatoms. The van der Waals surface area contributed by atoms with Crippen molar-refractivity contribution in [3.05, 3.63) is 114 Å². The molecule has 1 aromatic heterocycles. The highest BCUT2D eigenvalue weighted by atomic mass is 16.6. The summed E-state index contributed by atoms with van der Waals surface area (Å²) in [5.41, 5.74) is 6.26. The van der Waals surface area contributed by atoms with E-state index in [4.69, 9.17) is 9.73 Å². The van der Waals surface area contributed by atoms with Gasteiger partial charge in [-0.2, -0.15) is 4.99 Å². The molecule has 1 unspecified atom stereocenters. The molecule has 0 bridgehead atoms. The normalized spacial score (nSPS) is 17.0. The lowest BCUT2D eigenvalue weighted by Crippen LogP contribution is -2.19. The Morgan fingerprint density at radius 1 is 0.921 bits per heavy atom. The minimum Gasteiger partial charge on any atom is -0.481 e. The minimum atomic E-state index is -0.757. The summed E-state index contributed by atoms with van der Waals surface area (Å²) in [4.78, 5) is 36.5. The highest BCUT2D eigenvalue weighted by molar-refractivity contribution is 6.57. The van der Waals surface area contributed by atoms with Gasteiger partial charge in [-0.15, -0.1) is 0 Å². The number of aromatic nitrogens is 1. The number of rotatable bonds is 6. The van der Waals surface area contributed by atoms with Crippen LogP contribution in [0.1, 0.15) is 48.3 Å². The maximum atomic E-state index is 12.8. The molecule has 4 aromatic rings. The lowest BCUT2D eigenvalue weighted by molar-refractivity contribution is -0.140. The SMILES string of the molecule is CC(OC(=O)N=C1C(c2ccc(-c3ccc(C4(C(=O)O)CC4)cc3)cc2)=Nc2cc[nH]c21)c1ccccc1. The molecule has 1 aliphatic carbocycles. The van der Waals surface area contributed by atoms with E-state index in [0.29, 0.717) is 30.0 Å². The fourth-order valence-corrected chi connectivity index (χ4v) is 4.86. The first kappa shape index (κ1) is 23.6. The van der Waals surface area contributed by atoms with Gasteiger partial charge < -0.3 is 14.8 Å². The monoisotopic (exact) mass is 503 g/mol. The van der Waals surface area contributed by atoms with Crippen molar-refractivity contribution >= 4 is 29.2 Å². The first-order valence-corrected chi connectivity index (χ1v) is 12.5. The standard InChI is InChI=1S/C31H25N3O4/c1-19(20-5-3-2-4-6-20)38-30(37)34-28-26(33-25-15-18-32-27(25)28)23-9-7-21(8-10-23)22-11-13-24(14-12-22)31(16-17-31)29(35)36/h2-15,18-19,32H,16-17H2,1H3,(H,35,36). The van der Waals surface area contributed by atoms with E-state index in [1.807, 2.05) is 91.9 Å². The van der Waals surface area contributed by atoms with Crippen molar-refractivity contribution in [3.8, 4) is 11.1 Å². The van der Waals surface area contributed by atoms with E-state index in [1.165, 1.54) is 0 Å². The molecule has 188 valence electrons. The van der Waals surface area contributed by atoms with Crippen LogP contribution in [0.15, 0.2) is 101 Å². The fraction of sp³-hybridized carbons (Fsp3) is 0.161. The van der Waals surface area contributed by atoms with Crippen LogP contribution in [0.5, 0.6) is 0 Å². The van der Waals surface area contributed by atoms with E-state index >= 15 is 0 Å². The Balaban J connectivity index is 1.23. The third kappa shape index (κ3) is 4.22. The van der Waals surface area contributed by atoms with E-state index in [2.05, 4.69) is 9.98 Å². The second kappa shape index (κ2) is 9.27. The number of aliphatic imine (C=N–C) groups is 2. The maximum absolute atomic E-state index is 12.8. The van der Waals surface area contributed by atoms with Gasteiger partial charge in [0.25, 0.3) is 0 Å². The average molecular weight is 504 g/mol. The van der Waals surface area contributed by atoms with Crippen LogP contribution in [-0.2, 0) is 14.9 Å². The smallest absolute Gasteiger partial charge is 0.434 e. The summed E-state index contributed by atoms with van der Waals surface area (Å²) in [7, 11) is 0. The molecule has 1 atom stereocenters. The maximum Gasteiger partial charge on any atom is 0.434 e. The number of aliphatic carboxylic acids is 1. The summed E-state index contributed by atoms with van der Waals surface area (Å²) in [6.45, 7) is 1.81. The number of fused-ring (bicyclic) bond motifs is 1. The Bertz CT molecular complexity index is 1580. The van der Waals surface area contributed by atoms with Crippen LogP contribution >= 0.6 is 0 Å². The number of carboxylic acid groups (broad SMARTS) is 1. The molecule has 2 N–H and O–H groups in total. The number of hydrogen-bond donors (Lipinski definition) is 2. The molecule has 2 aliphatic rings. The largest absolute Gasteiger partial charge is 0.481 e. The quantitative estimate of drug-likeness (QED) is 0.309. The van der Waals surface area contributed by atoms with Gasteiger partial charge in [0.1, 0.15) is 11.8 Å². The van der Waals surface area contributed by atoms with E-state index < -0.39 is 23.6 Å². The van der Waals surface area contributed by atoms with Gasteiger partial charge in [-0.3, -0.25) is 4.79 Å². The van der Waals surface area contributed by atoms with Crippen molar-refractivity contribution in [3.63, 3.8) is 0 Å². The van der Waals surface area contributed by atoms with E-state index in [0.717, 1.165) is 33.5 Å². The predicted molar refractivity (Wildman–Crippen MR) is 145 cm³/mol. The number of benzene rings is 3. The van der Waals surface area contributed by atoms with Gasteiger partial charge in [-0.1, -0.05) is 78.9 Å². The van der Waals surface area contributed by atoms with Crippen molar-refractivity contribution in [2.45, 2.75) is 31.3 Å². The fourth-order valence-electron chi connectivity index (χ4n) is 4.86. The van der Waals surface area contributed by atoms with Gasteiger partial charge >= 0.3 is 12.1 Å². The van der Waals surface area contributed by atoms with Crippen molar-refractivity contribution in [2.75, 3.05) is 0 Å². The third-order valence-corrected chi connectivity index (χ3v) is 7.26. The zero-order chi connectivity index (χ0) is 26.3. The summed E-state index contributed by atoms with van der Waals surface area (Å²) in [6, 6.07) is 27.0. The lowest BCUT2D eigenvalue weighted by atomic mass is 9.93. The molecule has 1 amide bonds. The summed E-state index contributed by atoms with van der Waals surface area (Å²) in [5, 5.41) is 9.55. The molecule has 0 radical (unpaired) electrons. The van der Waals surface area contributed by atoms with Crippen LogP contribution in [-0.4, -0.2) is 33.6 Å². The number of amides is 1. The predicted octanol–water partition coefficient (Wildman–Crippen LogP) is 6.62. The second-order valence-corrected chi connectivity index (χ2v) is 9.64.